The Balaban J connectivity index is 1.81. The standard InChI is InChI=1S/C27H34ClN3O3/c1-3-31(4-2)26(34)27(17-11-6-12-18-27)30-24(32)19-23(20-13-7-5-8-14-20)29-25(33)21-15-9-10-16-22(21)28/h5,7-10,13-16,23H,3-4,6,11-12,17-19H2,1-2H3,(H,29,33)(H,30,32). The topological polar surface area (TPSA) is 78.5 Å². The Morgan fingerprint density at radius 1 is 0.941 bits per heavy atom. The van der Waals surface area contributed by atoms with Crippen LogP contribution in [0, 0.1) is 0 Å². The number of benzene rings is 2. The molecule has 2 aromatic rings. The lowest BCUT2D eigenvalue weighted by molar-refractivity contribution is -0.143. The van der Waals surface area contributed by atoms with Gasteiger partial charge in [0.25, 0.3) is 5.91 Å². The highest BCUT2D eigenvalue weighted by molar-refractivity contribution is 6.33. The first-order chi connectivity index (χ1) is 16.4. The van der Waals surface area contributed by atoms with Crippen molar-refractivity contribution in [3.8, 4) is 0 Å². The van der Waals surface area contributed by atoms with E-state index in [1.165, 1.54) is 0 Å². The molecule has 1 aliphatic rings. The van der Waals surface area contributed by atoms with Gasteiger partial charge in [0.05, 0.1) is 23.0 Å². The van der Waals surface area contributed by atoms with Crippen LogP contribution in [0.25, 0.3) is 0 Å². The second kappa shape index (κ2) is 12.0. The summed E-state index contributed by atoms with van der Waals surface area (Å²) in [5.41, 5.74) is 0.284. The molecule has 7 heteroatoms. The molecule has 1 fully saturated rings. The van der Waals surface area contributed by atoms with Crippen LogP contribution in [-0.4, -0.2) is 41.2 Å². The maximum absolute atomic E-state index is 13.4. The summed E-state index contributed by atoms with van der Waals surface area (Å²) in [4.78, 5) is 41.5. The van der Waals surface area contributed by atoms with Gasteiger partial charge in [-0.3, -0.25) is 14.4 Å². The van der Waals surface area contributed by atoms with E-state index in [0.717, 1.165) is 24.8 Å². The molecule has 2 N–H and O–H groups in total. The van der Waals surface area contributed by atoms with Crippen molar-refractivity contribution in [2.75, 3.05) is 13.1 Å². The predicted molar refractivity (Wildman–Crippen MR) is 135 cm³/mol. The minimum absolute atomic E-state index is 0.0121. The number of likely N-dealkylation sites (N-methyl/N-ethyl adjacent to an activating group) is 1. The van der Waals surface area contributed by atoms with Crippen LogP contribution in [0.1, 0.15) is 74.3 Å². The van der Waals surface area contributed by atoms with Crippen molar-refractivity contribution in [3.05, 3.63) is 70.7 Å². The van der Waals surface area contributed by atoms with Gasteiger partial charge in [-0.05, 0) is 44.4 Å². The molecule has 0 spiro atoms. The molecule has 34 heavy (non-hydrogen) atoms. The molecule has 1 unspecified atom stereocenters. The van der Waals surface area contributed by atoms with Gasteiger partial charge in [-0.2, -0.15) is 0 Å². The number of carbonyl (C=O) groups is 3. The first-order valence-corrected chi connectivity index (χ1v) is 12.5. The molecule has 6 nitrogen and oxygen atoms in total. The van der Waals surface area contributed by atoms with Crippen molar-refractivity contribution in [1.82, 2.24) is 15.5 Å². The molecular formula is C27H34ClN3O3. The average Bonchev–Trinajstić information content (AvgIpc) is 2.85. The van der Waals surface area contributed by atoms with Gasteiger partial charge in [-0.25, -0.2) is 0 Å². The molecule has 0 radical (unpaired) electrons. The maximum atomic E-state index is 13.4. The molecule has 0 heterocycles. The van der Waals surface area contributed by atoms with Crippen molar-refractivity contribution in [1.29, 1.82) is 0 Å². The Kier molecular flexibility index (Phi) is 9.11. The molecule has 0 bridgehead atoms. The summed E-state index contributed by atoms with van der Waals surface area (Å²) < 4.78 is 0. The summed E-state index contributed by atoms with van der Waals surface area (Å²) in [7, 11) is 0. The molecule has 182 valence electrons. The fourth-order valence-electron chi connectivity index (χ4n) is 4.68. The molecule has 1 aliphatic carbocycles. The summed E-state index contributed by atoms with van der Waals surface area (Å²) >= 11 is 6.21. The lowest BCUT2D eigenvalue weighted by Gasteiger charge is -2.40. The number of halogens is 1. The van der Waals surface area contributed by atoms with Crippen molar-refractivity contribution < 1.29 is 14.4 Å². The summed E-state index contributed by atoms with van der Waals surface area (Å²) in [5, 5.41) is 6.41. The molecule has 0 saturated heterocycles. The van der Waals surface area contributed by atoms with E-state index in [1.54, 1.807) is 29.2 Å². The van der Waals surface area contributed by atoms with Gasteiger partial charge in [-0.15, -0.1) is 0 Å². The van der Waals surface area contributed by atoms with E-state index in [4.69, 9.17) is 11.6 Å². The quantitative estimate of drug-likeness (QED) is 0.533. The number of rotatable bonds is 9. The van der Waals surface area contributed by atoms with E-state index in [2.05, 4.69) is 10.6 Å². The van der Waals surface area contributed by atoms with Crippen LogP contribution in [0.4, 0.5) is 0 Å². The first kappa shape index (κ1) is 25.8. The van der Waals surface area contributed by atoms with Crippen molar-refractivity contribution in [2.24, 2.45) is 0 Å². The Bertz CT molecular complexity index is 986. The number of nitrogens with one attached hydrogen (secondary N) is 2. The Morgan fingerprint density at radius 3 is 2.18 bits per heavy atom. The van der Waals surface area contributed by atoms with Crippen molar-refractivity contribution in [2.45, 2.75) is 64.0 Å². The molecule has 0 aliphatic heterocycles. The second-order valence-corrected chi connectivity index (χ2v) is 9.20. The lowest BCUT2D eigenvalue weighted by atomic mass is 9.80. The summed E-state index contributed by atoms with van der Waals surface area (Å²) in [6, 6.07) is 15.6. The predicted octanol–water partition coefficient (Wildman–Crippen LogP) is 4.89. The highest BCUT2D eigenvalue weighted by atomic mass is 35.5. The molecule has 1 atom stereocenters. The van der Waals surface area contributed by atoms with E-state index >= 15 is 0 Å². The molecule has 2 aromatic carbocycles. The van der Waals surface area contributed by atoms with Gasteiger partial charge in [-0.1, -0.05) is 73.3 Å². The van der Waals surface area contributed by atoms with Gasteiger partial charge < -0.3 is 15.5 Å². The third-order valence-electron chi connectivity index (χ3n) is 6.56. The van der Waals surface area contributed by atoms with Crippen molar-refractivity contribution in [3.63, 3.8) is 0 Å². The van der Waals surface area contributed by atoms with Crippen LogP contribution in [0.15, 0.2) is 54.6 Å². The van der Waals surface area contributed by atoms with E-state index in [-0.39, 0.29) is 24.1 Å². The van der Waals surface area contributed by atoms with Crippen LogP contribution in [0.5, 0.6) is 0 Å². The van der Waals surface area contributed by atoms with Crippen LogP contribution >= 0.6 is 11.6 Å². The number of hydrogen-bond donors (Lipinski definition) is 2. The van der Waals surface area contributed by atoms with Crippen LogP contribution < -0.4 is 10.6 Å². The molecule has 3 amide bonds. The van der Waals surface area contributed by atoms with Crippen LogP contribution in [0.2, 0.25) is 5.02 Å². The Hall–Kier alpha value is -2.86. The largest absolute Gasteiger partial charge is 0.345 e. The Labute approximate surface area is 207 Å². The summed E-state index contributed by atoms with van der Waals surface area (Å²) in [6.07, 6.45) is 4.15. The van der Waals surface area contributed by atoms with E-state index in [9.17, 15) is 14.4 Å². The van der Waals surface area contributed by atoms with Crippen LogP contribution in [0.3, 0.4) is 0 Å². The molecule has 1 saturated carbocycles. The van der Waals surface area contributed by atoms with Crippen molar-refractivity contribution >= 4 is 29.3 Å². The van der Waals surface area contributed by atoms with Crippen LogP contribution in [-0.2, 0) is 9.59 Å². The Morgan fingerprint density at radius 2 is 1.56 bits per heavy atom. The minimum atomic E-state index is -0.880. The number of nitrogens with zero attached hydrogens (tertiary/aromatic N) is 1. The van der Waals surface area contributed by atoms with Gasteiger partial charge in [0, 0.05) is 13.1 Å². The smallest absolute Gasteiger partial charge is 0.253 e. The number of hydrogen-bond acceptors (Lipinski definition) is 3. The third kappa shape index (κ3) is 6.17. The van der Waals surface area contributed by atoms with Gasteiger partial charge in [0.2, 0.25) is 11.8 Å². The first-order valence-electron chi connectivity index (χ1n) is 12.1. The van der Waals surface area contributed by atoms with E-state index in [0.29, 0.717) is 36.5 Å². The number of amides is 3. The molecular weight excluding hydrogens is 450 g/mol. The van der Waals surface area contributed by atoms with Gasteiger partial charge >= 0.3 is 0 Å². The summed E-state index contributed by atoms with van der Waals surface area (Å²) in [6.45, 7) is 5.12. The normalized spacial score (nSPS) is 15.7. The zero-order chi connectivity index (χ0) is 24.6. The average molecular weight is 484 g/mol. The minimum Gasteiger partial charge on any atom is -0.345 e. The number of carbonyl (C=O) groups excluding carboxylic acids is 3. The highest BCUT2D eigenvalue weighted by Crippen LogP contribution is 2.31. The zero-order valence-corrected chi connectivity index (χ0v) is 20.7. The molecule has 3 rings (SSSR count). The van der Waals surface area contributed by atoms with E-state index < -0.39 is 11.6 Å². The zero-order valence-electron chi connectivity index (χ0n) is 20.0. The summed E-state index contributed by atoms with van der Waals surface area (Å²) in [5.74, 6) is -0.614. The second-order valence-electron chi connectivity index (χ2n) is 8.79. The fourth-order valence-corrected chi connectivity index (χ4v) is 4.90. The monoisotopic (exact) mass is 483 g/mol. The van der Waals surface area contributed by atoms with E-state index in [1.807, 2.05) is 44.2 Å². The maximum Gasteiger partial charge on any atom is 0.253 e. The fraction of sp³-hybridized carbons (Fsp3) is 0.444. The lowest BCUT2D eigenvalue weighted by Crippen LogP contribution is -2.60. The molecule has 0 aromatic heterocycles. The third-order valence-corrected chi connectivity index (χ3v) is 6.89. The SMILES string of the molecule is CCN(CC)C(=O)C1(NC(=O)CC(NC(=O)c2ccccc2Cl)c2ccccc2)CCCCC1. The van der Waals surface area contributed by atoms with Gasteiger partial charge in [0.1, 0.15) is 5.54 Å². The van der Waals surface area contributed by atoms with Gasteiger partial charge in [0.15, 0.2) is 0 Å². The highest BCUT2D eigenvalue weighted by Gasteiger charge is 2.43.